The van der Waals surface area contributed by atoms with Gasteiger partial charge in [0.1, 0.15) is 0 Å². The van der Waals surface area contributed by atoms with E-state index in [4.69, 9.17) is 13.7 Å². The molecule has 5 heteroatoms. The molecular formula is C16H20O4S. The number of esters is 1. The Labute approximate surface area is 129 Å². The Morgan fingerprint density at radius 2 is 2.05 bits per heavy atom. The highest BCUT2D eigenvalue weighted by Crippen LogP contribution is 2.29. The van der Waals surface area contributed by atoms with E-state index in [1.807, 2.05) is 30.3 Å². The number of epoxide rings is 1. The first-order valence-electron chi connectivity index (χ1n) is 7.00. The molecule has 1 aromatic carbocycles. The monoisotopic (exact) mass is 308 g/mol. The van der Waals surface area contributed by atoms with Gasteiger partial charge in [-0.3, -0.25) is 0 Å². The van der Waals surface area contributed by atoms with Gasteiger partial charge in [0.25, 0.3) is 0 Å². The molecule has 2 unspecified atom stereocenters. The fourth-order valence-electron chi connectivity index (χ4n) is 1.99. The van der Waals surface area contributed by atoms with Crippen LogP contribution >= 0.6 is 12.0 Å². The fraction of sp³-hybridized carbons (Fsp3) is 0.438. The van der Waals surface area contributed by atoms with Crippen LogP contribution in [0.5, 0.6) is 0 Å². The van der Waals surface area contributed by atoms with Gasteiger partial charge in [-0.2, -0.15) is 0 Å². The highest BCUT2D eigenvalue weighted by atomic mass is 32.2. The fourth-order valence-corrected chi connectivity index (χ4v) is 2.48. The minimum Gasteiger partial charge on any atom is -0.462 e. The molecule has 2 atom stereocenters. The molecular weight excluding hydrogens is 288 g/mol. The minimum atomic E-state index is -0.314. The molecule has 0 aliphatic carbocycles. The number of hydrogen-bond donors (Lipinski definition) is 0. The van der Waals surface area contributed by atoms with Gasteiger partial charge in [-0.1, -0.05) is 30.3 Å². The predicted octanol–water partition coefficient (Wildman–Crippen LogP) is 3.09. The lowest BCUT2D eigenvalue weighted by atomic mass is 10.2. The van der Waals surface area contributed by atoms with Crippen molar-refractivity contribution in [2.75, 3.05) is 19.5 Å². The zero-order valence-electron chi connectivity index (χ0n) is 12.1. The molecule has 1 heterocycles. The first kappa shape index (κ1) is 16.1. The van der Waals surface area contributed by atoms with Crippen molar-refractivity contribution in [3.63, 3.8) is 0 Å². The van der Waals surface area contributed by atoms with Crippen molar-refractivity contribution in [1.82, 2.24) is 0 Å². The van der Waals surface area contributed by atoms with Crippen LogP contribution in [0.25, 0.3) is 6.08 Å². The molecule has 1 fully saturated rings. The van der Waals surface area contributed by atoms with Gasteiger partial charge >= 0.3 is 5.97 Å². The van der Waals surface area contributed by atoms with Crippen LogP contribution < -0.4 is 0 Å². The van der Waals surface area contributed by atoms with E-state index in [0.717, 1.165) is 24.2 Å². The van der Waals surface area contributed by atoms with Crippen molar-refractivity contribution in [2.45, 2.75) is 25.0 Å². The second-order valence-electron chi connectivity index (χ2n) is 4.69. The molecule has 4 nitrogen and oxygen atoms in total. The van der Waals surface area contributed by atoms with Gasteiger partial charge in [-0.15, -0.1) is 0 Å². The van der Waals surface area contributed by atoms with E-state index in [9.17, 15) is 4.79 Å². The van der Waals surface area contributed by atoms with Crippen LogP contribution in [0.1, 0.15) is 18.4 Å². The highest BCUT2D eigenvalue weighted by Gasteiger charge is 2.37. The maximum absolute atomic E-state index is 11.5. The van der Waals surface area contributed by atoms with Gasteiger partial charge in [0.05, 0.1) is 25.9 Å². The number of carbonyl (C=O) groups is 1. The van der Waals surface area contributed by atoms with Crippen LogP contribution in [0.15, 0.2) is 36.4 Å². The number of rotatable bonds is 9. The Bertz CT molecular complexity index is 461. The molecule has 1 saturated heterocycles. The van der Waals surface area contributed by atoms with E-state index in [0.29, 0.717) is 12.7 Å². The normalized spacial score (nSPS) is 20.6. The summed E-state index contributed by atoms with van der Waals surface area (Å²) in [6, 6.07) is 9.66. The summed E-state index contributed by atoms with van der Waals surface area (Å²) in [5, 5.41) is 0. The molecule has 1 aliphatic rings. The number of carbonyl (C=O) groups excluding carboxylic acids is 1. The summed E-state index contributed by atoms with van der Waals surface area (Å²) in [7, 11) is 1.66. The second-order valence-corrected chi connectivity index (χ2v) is 5.67. The molecule has 0 bridgehead atoms. The third-order valence-corrected chi connectivity index (χ3v) is 3.79. The topological polar surface area (TPSA) is 48.1 Å². The Kier molecular flexibility index (Phi) is 6.79. The number of benzene rings is 1. The molecule has 0 radical (unpaired) electrons. The van der Waals surface area contributed by atoms with E-state index >= 15 is 0 Å². The second kappa shape index (κ2) is 8.87. The third kappa shape index (κ3) is 6.33. The first-order valence-corrected chi connectivity index (χ1v) is 7.91. The summed E-state index contributed by atoms with van der Waals surface area (Å²) in [6.07, 6.45) is 5.47. The summed E-state index contributed by atoms with van der Waals surface area (Å²) >= 11 is 1.44. The SMILES string of the molecule is COSCCC1OC1CCOC(=O)C=Cc1ccccc1. The van der Waals surface area contributed by atoms with Crippen LogP contribution in [0.3, 0.4) is 0 Å². The Morgan fingerprint density at radius 3 is 2.81 bits per heavy atom. The maximum atomic E-state index is 11.5. The van der Waals surface area contributed by atoms with Crippen LogP contribution in [0.2, 0.25) is 0 Å². The van der Waals surface area contributed by atoms with Crippen LogP contribution in [-0.2, 0) is 18.5 Å². The zero-order valence-corrected chi connectivity index (χ0v) is 12.9. The molecule has 0 amide bonds. The Balaban J connectivity index is 1.55. The van der Waals surface area contributed by atoms with Crippen molar-refractivity contribution < 1.29 is 18.5 Å². The summed E-state index contributed by atoms with van der Waals surface area (Å²) in [5.74, 6) is 0.614. The van der Waals surface area contributed by atoms with Gasteiger partial charge in [0.15, 0.2) is 0 Å². The van der Waals surface area contributed by atoms with E-state index < -0.39 is 0 Å². The molecule has 21 heavy (non-hydrogen) atoms. The molecule has 2 rings (SSSR count). The van der Waals surface area contributed by atoms with E-state index in [1.165, 1.54) is 18.1 Å². The smallest absolute Gasteiger partial charge is 0.330 e. The van der Waals surface area contributed by atoms with E-state index in [-0.39, 0.29) is 12.1 Å². The molecule has 0 spiro atoms. The lowest BCUT2D eigenvalue weighted by Gasteiger charge is -1.99. The highest BCUT2D eigenvalue weighted by molar-refractivity contribution is 7.94. The van der Waals surface area contributed by atoms with Crippen molar-refractivity contribution in [2.24, 2.45) is 0 Å². The van der Waals surface area contributed by atoms with Crippen LogP contribution in [0.4, 0.5) is 0 Å². The van der Waals surface area contributed by atoms with Crippen LogP contribution in [0, 0.1) is 0 Å². The van der Waals surface area contributed by atoms with Crippen molar-refractivity contribution in [3.05, 3.63) is 42.0 Å². The first-order chi connectivity index (χ1) is 10.3. The van der Waals surface area contributed by atoms with Crippen molar-refractivity contribution in [3.8, 4) is 0 Å². The standard InChI is InChI=1S/C16H20O4S/c1-18-21-12-10-15-14(20-15)9-11-19-16(17)8-7-13-5-3-2-4-6-13/h2-8,14-15H,9-12H2,1H3. The summed E-state index contributed by atoms with van der Waals surface area (Å²) in [5.41, 5.74) is 0.982. The summed E-state index contributed by atoms with van der Waals surface area (Å²) < 4.78 is 15.6. The van der Waals surface area contributed by atoms with Crippen molar-refractivity contribution >= 4 is 24.1 Å². The number of hydrogen-bond acceptors (Lipinski definition) is 5. The Morgan fingerprint density at radius 1 is 1.29 bits per heavy atom. The molecule has 1 aliphatic heterocycles. The summed E-state index contributed by atoms with van der Waals surface area (Å²) in [6.45, 7) is 0.399. The van der Waals surface area contributed by atoms with E-state index in [2.05, 4.69) is 0 Å². The predicted molar refractivity (Wildman–Crippen MR) is 83.8 cm³/mol. The number of ether oxygens (including phenoxy) is 2. The van der Waals surface area contributed by atoms with Crippen LogP contribution in [-0.4, -0.2) is 37.6 Å². The van der Waals surface area contributed by atoms with Gasteiger partial charge < -0.3 is 13.7 Å². The van der Waals surface area contributed by atoms with E-state index in [1.54, 1.807) is 13.2 Å². The van der Waals surface area contributed by atoms with Gasteiger partial charge in [-0.05, 0) is 30.1 Å². The lowest BCUT2D eigenvalue weighted by molar-refractivity contribution is -0.137. The van der Waals surface area contributed by atoms with Gasteiger partial charge in [-0.25, -0.2) is 4.79 Å². The average Bonchev–Trinajstić information content (AvgIpc) is 3.25. The lowest BCUT2D eigenvalue weighted by Crippen LogP contribution is -2.06. The van der Waals surface area contributed by atoms with Gasteiger partial charge in [0.2, 0.25) is 0 Å². The quantitative estimate of drug-likeness (QED) is 0.231. The Hall–Kier alpha value is -1.30. The molecule has 0 aromatic heterocycles. The molecule has 0 saturated carbocycles. The molecule has 114 valence electrons. The maximum Gasteiger partial charge on any atom is 0.330 e. The third-order valence-electron chi connectivity index (χ3n) is 3.15. The minimum absolute atomic E-state index is 0.230. The zero-order chi connectivity index (χ0) is 14.9. The molecule has 1 aromatic rings. The molecule has 0 N–H and O–H groups in total. The summed E-state index contributed by atoms with van der Waals surface area (Å²) in [4.78, 5) is 11.5. The average molecular weight is 308 g/mol. The van der Waals surface area contributed by atoms with Crippen molar-refractivity contribution in [1.29, 1.82) is 0 Å². The van der Waals surface area contributed by atoms with Gasteiger partial charge in [0, 0.05) is 18.2 Å². The largest absolute Gasteiger partial charge is 0.462 e.